The predicted octanol–water partition coefficient (Wildman–Crippen LogP) is 2.63. The van der Waals surface area contributed by atoms with Crippen LogP contribution in [0.3, 0.4) is 0 Å². The van der Waals surface area contributed by atoms with Crippen molar-refractivity contribution in [2.45, 2.75) is 11.5 Å². The molecule has 19 heavy (non-hydrogen) atoms. The first-order chi connectivity index (χ1) is 9.03. The molecule has 2 N–H and O–H groups in total. The minimum absolute atomic E-state index is 0.115. The minimum atomic E-state index is -3.68. The molecular formula is C13H12ClNO3S. The fourth-order valence-corrected chi connectivity index (χ4v) is 2.84. The number of aliphatic hydroxyl groups excluding tert-OH is 1. The number of rotatable bonds is 4. The first kappa shape index (κ1) is 13.9. The second kappa shape index (κ2) is 5.61. The van der Waals surface area contributed by atoms with E-state index in [9.17, 15) is 8.42 Å². The third kappa shape index (κ3) is 3.26. The zero-order chi connectivity index (χ0) is 13.9. The lowest BCUT2D eigenvalue weighted by Gasteiger charge is -2.09. The van der Waals surface area contributed by atoms with Gasteiger partial charge >= 0.3 is 0 Å². The van der Waals surface area contributed by atoms with Crippen LogP contribution in [0.5, 0.6) is 0 Å². The van der Waals surface area contributed by atoms with Crippen molar-refractivity contribution in [2.75, 3.05) is 4.72 Å². The molecule has 4 nitrogen and oxygen atoms in total. The Morgan fingerprint density at radius 3 is 2.26 bits per heavy atom. The van der Waals surface area contributed by atoms with Crippen LogP contribution in [0.2, 0.25) is 5.02 Å². The number of benzene rings is 2. The van der Waals surface area contributed by atoms with Gasteiger partial charge in [0.2, 0.25) is 0 Å². The van der Waals surface area contributed by atoms with Crippen molar-refractivity contribution in [3.8, 4) is 0 Å². The molecule has 0 unspecified atom stereocenters. The molecule has 0 aromatic heterocycles. The smallest absolute Gasteiger partial charge is 0.261 e. The van der Waals surface area contributed by atoms with Gasteiger partial charge in [0.05, 0.1) is 22.2 Å². The average Bonchev–Trinajstić information content (AvgIpc) is 2.41. The molecule has 0 heterocycles. The molecule has 2 rings (SSSR count). The van der Waals surface area contributed by atoms with E-state index < -0.39 is 10.0 Å². The van der Waals surface area contributed by atoms with Crippen molar-refractivity contribution >= 4 is 27.3 Å². The van der Waals surface area contributed by atoms with Gasteiger partial charge in [-0.1, -0.05) is 35.9 Å². The van der Waals surface area contributed by atoms with Gasteiger partial charge in [-0.15, -0.1) is 0 Å². The van der Waals surface area contributed by atoms with Crippen LogP contribution in [0, 0.1) is 0 Å². The summed E-state index contributed by atoms with van der Waals surface area (Å²) in [7, 11) is -3.68. The maximum Gasteiger partial charge on any atom is 0.261 e. The number of nitrogens with one attached hydrogen (secondary N) is 1. The van der Waals surface area contributed by atoms with Gasteiger partial charge in [0.1, 0.15) is 0 Å². The molecule has 2 aromatic rings. The Morgan fingerprint density at radius 2 is 1.68 bits per heavy atom. The number of halogens is 1. The van der Waals surface area contributed by atoms with Gasteiger partial charge in [-0.3, -0.25) is 4.72 Å². The van der Waals surface area contributed by atoms with E-state index in [1.807, 2.05) is 0 Å². The molecule has 0 aliphatic rings. The molecule has 0 aliphatic carbocycles. The van der Waals surface area contributed by atoms with Crippen molar-refractivity contribution in [1.82, 2.24) is 0 Å². The Bertz CT molecular complexity index is 669. The Hall–Kier alpha value is -1.56. The van der Waals surface area contributed by atoms with Crippen LogP contribution in [0.25, 0.3) is 0 Å². The summed E-state index contributed by atoms with van der Waals surface area (Å²) in [6.45, 7) is -0.127. The van der Waals surface area contributed by atoms with Crippen LogP contribution >= 0.6 is 11.6 Å². The van der Waals surface area contributed by atoms with Gasteiger partial charge < -0.3 is 5.11 Å². The molecule has 6 heteroatoms. The third-order valence-corrected chi connectivity index (χ3v) is 4.25. The van der Waals surface area contributed by atoms with E-state index in [1.54, 1.807) is 36.4 Å². The normalized spacial score (nSPS) is 11.3. The molecule has 0 atom stereocenters. The maximum atomic E-state index is 12.1. The highest BCUT2D eigenvalue weighted by atomic mass is 35.5. The molecule has 100 valence electrons. The molecule has 0 amide bonds. The predicted molar refractivity (Wildman–Crippen MR) is 74.6 cm³/mol. The molecule has 0 spiro atoms. The van der Waals surface area contributed by atoms with Crippen LogP contribution in [0.1, 0.15) is 5.56 Å². The van der Waals surface area contributed by atoms with Gasteiger partial charge in [-0.2, -0.15) is 0 Å². The van der Waals surface area contributed by atoms with Gasteiger partial charge in [0.25, 0.3) is 10.0 Å². The van der Waals surface area contributed by atoms with Crippen molar-refractivity contribution in [2.24, 2.45) is 0 Å². The fourth-order valence-electron chi connectivity index (χ4n) is 1.52. The topological polar surface area (TPSA) is 66.4 Å². The SMILES string of the molecule is O=S(=O)(Nc1ccccc1Cl)c1ccc(CO)cc1. The summed E-state index contributed by atoms with van der Waals surface area (Å²) in [5.41, 5.74) is 0.979. The number of sulfonamides is 1. The van der Waals surface area contributed by atoms with Gasteiger partial charge in [-0.05, 0) is 29.8 Å². The van der Waals surface area contributed by atoms with Crippen LogP contribution in [0.4, 0.5) is 5.69 Å². The highest BCUT2D eigenvalue weighted by molar-refractivity contribution is 7.92. The van der Waals surface area contributed by atoms with E-state index in [1.165, 1.54) is 12.1 Å². The molecule has 0 bridgehead atoms. The summed E-state index contributed by atoms with van der Waals surface area (Å²) in [5, 5.41) is 9.25. The van der Waals surface area contributed by atoms with E-state index in [4.69, 9.17) is 16.7 Å². The Labute approximate surface area is 116 Å². The van der Waals surface area contributed by atoms with E-state index in [2.05, 4.69) is 4.72 Å². The van der Waals surface area contributed by atoms with Crippen molar-refractivity contribution in [3.05, 3.63) is 59.1 Å². The largest absolute Gasteiger partial charge is 0.392 e. The molecule has 0 radical (unpaired) electrons. The first-order valence-corrected chi connectivity index (χ1v) is 7.36. The molecule has 0 aliphatic heterocycles. The number of para-hydroxylation sites is 1. The minimum Gasteiger partial charge on any atom is -0.392 e. The highest BCUT2D eigenvalue weighted by Gasteiger charge is 2.15. The summed E-state index contributed by atoms with van der Waals surface area (Å²) in [4.78, 5) is 0.115. The van der Waals surface area contributed by atoms with Crippen molar-refractivity contribution in [3.63, 3.8) is 0 Å². The second-order valence-corrected chi connectivity index (χ2v) is 5.98. The quantitative estimate of drug-likeness (QED) is 0.911. The van der Waals surface area contributed by atoms with Gasteiger partial charge in [-0.25, -0.2) is 8.42 Å². The summed E-state index contributed by atoms with van der Waals surface area (Å²) in [6.07, 6.45) is 0. The lowest BCUT2D eigenvalue weighted by atomic mass is 10.2. The number of hydrogen-bond donors (Lipinski definition) is 2. The van der Waals surface area contributed by atoms with E-state index in [0.717, 1.165) is 0 Å². The maximum absolute atomic E-state index is 12.1. The Morgan fingerprint density at radius 1 is 1.05 bits per heavy atom. The lowest BCUT2D eigenvalue weighted by molar-refractivity contribution is 0.282. The molecular weight excluding hydrogens is 286 g/mol. The van der Waals surface area contributed by atoms with Crippen LogP contribution < -0.4 is 4.72 Å². The summed E-state index contributed by atoms with van der Waals surface area (Å²) < 4.78 is 26.7. The van der Waals surface area contributed by atoms with Crippen LogP contribution in [-0.4, -0.2) is 13.5 Å². The lowest BCUT2D eigenvalue weighted by Crippen LogP contribution is -2.13. The molecule has 0 fully saturated rings. The summed E-state index contributed by atoms with van der Waals surface area (Å²) in [5.74, 6) is 0. The zero-order valence-corrected chi connectivity index (χ0v) is 11.4. The van der Waals surface area contributed by atoms with E-state index in [0.29, 0.717) is 16.3 Å². The van der Waals surface area contributed by atoms with Gasteiger partial charge in [0.15, 0.2) is 0 Å². The molecule has 0 saturated heterocycles. The summed E-state index contributed by atoms with van der Waals surface area (Å²) >= 11 is 5.91. The first-order valence-electron chi connectivity index (χ1n) is 5.50. The van der Waals surface area contributed by atoms with Crippen molar-refractivity contribution < 1.29 is 13.5 Å². The number of hydrogen-bond acceptors (Lipinski definition) is 3. The molecule has 2 aromatic carbocycles. The second-order valence-electron chi connectivity index (χ2n) is 3.89. The van der Waals surface area contributed by atoms with Gasteiger partial charge in [0, 0.05) is 0 Å². The zero-order valence-electron chi connectivity index (χ0n) is 9.88. The standard InChI is InChI=1S/C13H12ClNO3S/c14-12-3-1-2-4-13(12)15-19(17,18)11-7-5-10(9-16)6-8-11/h1-8,15-16H,9H2. The highest BCUT2D eigenvalue weighted by Crippen LogP contribution is 2.24. The Kier molecular flexibility index (Phi) is 4.09. The van der Waals surface area contributed by atoms with Crippen LogP contribution in [0.15, 0.2) is 53.4 Å². The van der Waals surface area contributed by atoms with Crippen molar-refractivity contribution in [1.29, 1.82) is 0 Å². The Balaban J connectivity index is 2.30. The summed E-state index contributed by atoms with van der Waals surface area (Å²) in [6, 6.07) is 12.6. The fraction of sp³-hybridized carbons (Fsp3) is 0.0769. The number of anilines is 1. The molecule has 0 saturated carbocycles. The third-order valence-electron chi connectivity index (χ3n) is 2.53. The van der Waals surface area contributed by atoms with Crippen LogP contribution in [-0.2, 0) is 16.6 Å². The average molecular weight is 298 g/mol. The van der Waals surface area contributed by atoms with E-state index >= 15 is 0 Å². The number of aliphatic hydroxyl groups is 1. The monoisotopic (exact) mass is 297 g/mol. The van der Waals surface area contributed by atoms with E-state index in [-0.39, 0.29) is 11.5 Å².